The van der Waals surface area contributed by atoms with E-state index in [0.29, 0.717) is 148 Å². The molecule has 6 amide bonds. The van der Waals surface area contributed by atoms with Crippen LogP contribution in [0.15, 0.2) is 197 Å². The summed E-state index contributed by atoms with van der Waals surface area (Å²) in [5.74, 6) is 3.92. The summed E-state index contributed by atoms with van der Waals surface area (Å²) >= 11 is 32.0. The van der Waals surface area contributed by atoms with Crippen LogP contribution < -0.4 is 65.1 Å². The van der Waals surface area contributed by atoms with Gasteiger partial charge in [-0.3, -0.25) is 28.8 Å². The number of aryl methyl sites for hydroxylation is 14. The van der Waals surface area contributed by atoms with Crippen LogP contribution in [-0.2, 0) is 75.0 Å². The Bertz CT molecular complexity index is 6020. The number of halogens is 7. The van der Waals surface area contributed by atoms with Crippen molar-refractivity contribution in [1.29, 1.82) is 0 Å². The van der Waals surface area contributed by atoms with Crippen molar-refractivity contribution in [3.63, 3.8) is 0 Å². The maximum Gasteiger partial charge on any atom is 0.224 e. The number of carbonyl (C=O) groups is 6. The highest BCUT2D eigenvalue weighted by molar-refractivity contribution is 9.11. The standard InChI is InChI=1S/C20H24ClNO3.C19H22ClNO3.2C19H22ClNO2.C18H19BrFNO2.C18H20BrNO2/c1-5-20(23)22-17-8-7-9-18(24-6-2)15(17)12-25-19-11-14(4)13(3)10-16(19)21;1-4-19(23)21-17-7-5-6-14(10-22)15(17)11-24-18-9-13(3)12(2)8-16(18)20;2*1-5-19(22)21-17-8-6-7-12(2)15(17)11-23-18-10-14(4)13(3)9-16(18)20;1-4-18(22)21-16-7-5-6-15(20)13(16)10-23-17-9-12(3)11(2)8-14(17)19;1-4-18(21)20-16-8-6-5-7-14(16)11-22-17-10-13(3)12(2)9-15(17)19/h7-11H,5-6,12H2,1-4H3,(H,22,23);5-9,22H,4,10-11H2,1-3H3,(H,21,23);2*6-10H,5,11H2,1-4H3,(H,21,22);5-9H,4,10H2,1-3H3,(H,21,22);5-10H,4,11H2,1-3H3,(H,20,21). The minimum absolute atomic E-state index is 0.000175. The number of rotatable bonds is 33. The van der Waals surface area contributed by atoms with Crippen molar-refractivity contribution in [2.24, 2.45) is 0 Å². The first kappa shape index (κ1) is 115. The second kappa shape index (κ2) is 57.7. The van der Waals surface area contributed by atoms with Crippen LogP contribution in [0, 0.1) is 103 Å². The average Bonchev–Trinajstić information content (AvgIpc) is 0.842. The Morgan fingerprint density at radius 2 is 0.514 bits per heavy atom. The highest BCUT2D eigenvalue weighted by Gasteiger charge is 2.21. The number of ether oxygens (including phenoxy) is 7. The molecule has 0 aliphatic carbocycles. The lowest BCUT2D eigenvalue weighted by atomic mass is 10.1. The molecule has 0 aromatic heterocycles. The normalized spacial score (nSPS) is 10.5. The van der Waals surface area contributed by atoms with Crippen LogP contribution in [0.2, 0.25) is 20.1 Å². The fraction of sp³-hybridized carbons (Fsp3) is 0.310. The number of nitrogens with one attached hydrogen (secondary N) is 6. The third kappa shape index (κ3) is 35.4. The van der Waals surface area contributed by atoms with Crippen LogP contribution in [0.5, 0.6) is 40.2 Å². The van der Waals surface area contributed by atoms with Crippen LogP contribution in [0.3, 0.4) is 0 Å². The third-order valence-electron chi connectivity index (χ3n) is 22.9. The van der Waals surface area contributed by atoms with Gasteiger partial charge >= 0.3 is 0 Å². The molecule has 27 heteroatoms. The van der Waals surface area contributed by atoms with Gasteiger partial charge in [0.25, 0.3) is 0 Å². The molecule has 7 N–H and O–H groups in total. The number of amides is 6. The molecular weight excluding hydrogens is 1990 g/mol. The van der Waals surface area contributed by atoms with E-state index in [0.717, 1.165) is 126 Å². The zero-order chi connectivity index (χ0) is 103. The van der Waals surface area contributed by atoms with Gasteiger partial charge in [-0.2, -0.15) is 0 Å². The number of benzene rings is 12. The van der Waals surface area contributed by atoms with E-state index in [9.17, 15) is 38.3 Å². The van der Waals surface area contributed by atoms with E-state index in [1.165, 1.54) is 17.2 Å². The number of aliphatic hydroxyl groups excluding tert-OH is 1. The topological polar surface area (TPSA) is 259 Å². The molecule has 12 rings (SSSR count). The molecule has 0 radical (unpaired) electrons. The quantitative estimate of drug-likeness (QED) is 0.0202. The van der Waals surface area contributed by atoms with Gasteiger partial charge in [-0.1, -0.05) is 155 Å². The average molecular weight is 2120 g/mol. The Labute approximate surface area is 861 Å². The largest absolute Gasteiger partial charge is 0.493 e. The predicted octanol–water partition coefficient (Wildman–Crippen LogP) is 30.2. The Morgan fingerprint density at radius 1 is 0.264 bits per heavy atom. The highest BCUT2D eigenvalue weighted by Crippen LogP contribution is 2.39. The van der Waals surface area contributed by atoms with Crippen LogP contribution in [-0.4, -0.2) is 47.2 Å². The number of hydrogen-bond donors (Lipinski definition) is 7. The predicted molar refractivity (Wildman–Crippen MR) is 576 cm³/mol. The fourth-order valence-electron chi connectivity index (χ4n) is 13.3. The molecule has 12 aromatic carbocycles. The summed E-state index contributed by atoms with van der Waals surface area (Å²) in [7, 11) is 0. The second-order valence-electron chi connectivity index (χ2n) is 33.3. The van der Waals surface area contributed by atoms with Gasteiger partial charge in [0, 0.05) is 89.1 Å². The van der Waals surface area contributed by atoms with Gasteiger partial charge in [0.1, 0.15) is 85.7 Å². The Morgan fingerprint density at radius 3 is 0.871 bits per heavy atom. The molecule has 0 spiro atoms. The second-order valence-corrected chi connectivity index (χ2v) is 36.6. The van der Waals surface area contributed by atoms with Crippen LogP contribution in [0.1, 0.15) is 204 Å². The van der Waals surface area contributed by atoms with E-state index in [-0.39, 0.29) is 61.9 Å². The van der Waals surface area contributed by atoms with Gasteiger partial charge in [-0.05, 0) is 340 Å². The lowest BCUT2D eigenvalue weighted by Crippen LogP contribution is -2.13. The molecule has 0 fully saturated rings. The fourth-order valence-corrected chi connectivity index (χ4v) is 15.6. The molecule has 0 atom stereocenters. The van der Waals surface area contributed by atoms with Crippen molar-refractivity contribution in [2.45, 2.75) is 230 Å². The Kier molecular flexibility index (Phi) is 47.4. The lowest BCUT2D eigenvalue weighted by molar-refractivity contribution is -0.116. The molecule has 744 valence electrons. The summed E-state index contributed by atoms with van der Waals surface area (Å²) in [5.41, 5.74) is 25.3. The summed E-state index contributed by atoms with van der Waals surface area (Å²) in [4.78, 5) is 70.0. The molecule has 140 heavy (non-hydrogen) atoms. The first-order chi connectivity index (χ1) is 66.7. The van der Waals surface area contributed by atoms with Crippen molar-refractivity contribution < 1.29 is 71.4 Å². The highest BCUT2D eigenvalue weighted by atomic mass is 79.9. The van der Waals surface area contributed by atoms with Crippen LogP contribution >= 0.6 is 78.3 Å². The van der Waals surface area contributed by atoms with Crippen molar-refractivity contribution in [1.82, 2.24) is 0 Å². The summed E-state index contributed by atoms with van der Waals surface area (Å²) in [5, 5.41) is 29.1. The maximum atomic E-state index is 14.1. The van der Waals surface area contributed by atoms with Gasteiger partial charge in [-0.25, -0.2) is 4.39 Å². The van der Waals surface area contributed by atoms with E-state index in [4.69, 9.17) is 79.6 Å². The number of hydrogen-bond acceptors (Lipinski definition) is 14. The Hall–Kier alpha value is -11.9. The van der Waals surface area contributed by atoms with Crippen molar-refractivity contribution in [3.05, 3.63) is 340 Å². The lowest BCUT2D eigenvalue weighted by Gasteiger charge is -2.17. The molecular formula is C113H129Br2Cl4FN6O14. The first-order valence-electron chi connectivity index (χ1n) is 46.3. The van der Waals surface area contributed by atoms with E-state index in [1.54, 1.807) is 38.1 Å². The van der Waals surface area contributed by atoms with Gasteiger partial charge in [-0.15, -0.1) is 0 Å². The molecule has 0 saturated carbocycles. The molecule has 0 unspecified atom stereocenters. The van der Waals surface area contributed by atoms with E-state index < -0.39 is 5.82 Å². The maximum absolute atomic E-state index is 14.1. The molecule has 0 heterocycles. The van der Waals surface area contributed by atoms with Crippen LogP contribution in [0.25, 0.3) is 0 Å². The Balaban J connectivity index is 0.000000228. The van der Waals surface area contributed by atoms with Crippen molar-refractivity contribution >= 4 is 148 Å². The SMILES string of the molecule is CCC(=O)Nc1cccc(C)c1COc1cc(C)c(C)cc1Cl.CCC(=O)Nc1cccc(C)c1COc1cc(C)c(C)cc1Cl.CCC(=O)Nc1cccc(CO)c1COc1cc(C)c(C)cc1Cl.CCC(=O)Nc1cccc(F)c1COc1cc(C)c(C)cc1Br.CCC(=O)Nc1ccccc1COc1cc(C)c(C)cc1Br.CCOc1cccc(NC(=O)CC)c1COc1cc(C)c(C)cc1Cl. The zero-order valence-corrected chi connectivity index (χ0v) is 89.9. The van der Waals surface area contributed by atoms with Crippen molar-refractivity contribution in [2.75, 3.05) is 38.5 Å². The summed E-state index contributed by atoms with van der Waals surface area (Å²) in [6.07, 6.45) is 2.46. The molecule has 0 saturated heterocycles. The summed E-state index contributed by atoms with van der Waals surface area (Å²) in [6, 6.07) is 58.1. The van der Waals surface area contributed by atoms with Gasteiger partial charge in [0.05, 0.1) is 59.2 Å². The third-order valence-corrected chi connectivity index (χ3v) is 25.4. The molecule has 12 aromatic rings. The van der Waals surface area contributed by atoms with Gasteiger partial charge in [0.2, 0.25) is 35.4 Å². The first-order valence-corrected chi connectivity index (χ1v) is 49.4. The minimum atomic E-state index is -0.404. The monoisotopic (exact) mass is 2110 g/mol. The zero-order valence-electron chi connectivity index (χ0n) is 83.7. The summed E-state index contributed by atoms with van der Waals surface area (Å²) in [6.45, 7) is 43.0. The van der Waals surface area contributed by atoms with E-state index >= 15 is 0 Å². The van der Waals surface area contributed by atoms with Gasteiger partial charge < -0.3 is 70.2 Å². The number of carbonyl (C=O) groups excluding carboxylic acids is 6. The molecule has 0 aliphatic rings. The van der Waals surface area contributed by atoms with Crippen LogP contribution in [0.4, 0.5) is 38.5 Å². The van der Waals surface area contributed by atoms with E-state index in [2.05, 4.69) is 83.7 Å². The number of aliphatic hydroxyl groups is 1. The van der Waals surface area contributed by atoms with Crippen molar-refractivity contribution in [3.8, 4) is 40.2 Å². The minimum Gasteiger partial charge on any atom is -0.493 e. The molecule has 20 nitrogen and oxygen atoms in total. The molecule has 0 bridgehead atoms. The van der Waals surface area contributed by atoms with E-state index in [1.807, 2.05) is 269 Å². The smallest absolute Gasteiger partial charge is 0.224 e. The summed E-state index contributed by atoms with van der Waals surface area (Å²) < 4.78 is 56.8. The molecule has 0 aliphatic heterocycles. The van der Waals surface area contributed by atoms with Gasteiger partial charge in [0.15, 0.2) is 0 Å². The number of anilines is 6. The number of para-hydroxylation sites is 1.